The lowest BCUT2D eigenvalue weighted by Crippen LogP contribution is -2.35. The SMILES string of the molecule is CCCC12COC(c3ccc(C(F)(F)Oc4cc(F)c(C(F)(F)OC(F)(F)F)c(F)c4)c(F)c3)(OC1)O2. The van der Waals surface area contributed by atoms with Gasteiger partial charge in [0.05, 0.1) is 18.8 Å². The van der Waals surface area contributed by atoms with Crippen LogP contribution in [0.25, 0.3) is 0 Å². The molecule has 2 heterocycles. The largest absolute Gasteiger partial charge is 0.527 e. The number of hydrogen-bond acceptors (Lipinski definition) is 5. The Balaban J connectivity index is 1.57. The van der Waals surface area contributed by atoms with Crippen molar-refractivity contribution in [3.05, 3.63) is 64.5 Å². The van der Waals surface area contributed by atoms with Gasteiger partial charge in [-0.05, 0) is 18.6 Å². The van der Waals surface area contributed by atoms with E-state index in [1.165, 1.54) is 0 Å². The lowest BCUT2D eigenvalue weighted by molar-refractivity contribution is -0.432. The van der Waals surface area contributed by atoms with Gasteiger partial charge in [0.15, 0.2) is 0 Å². The Morgan fingerprint density at radius 3 is 1.95 bits per heavy atom. The van der Waals surface area contributed by atoms with Crippen molar-refractivity contribution in [1.82, 2.24) is 0 Å². The number of halogens is 10. The van der Waals surface area contributed by atoms with Gasteiger partial charge in [0.1, 0.15) is 34.4 Å². The zero-order valence-corrected chi connectivity index (χ0v) is 18.5. The summed E-state index contributed by atoms with van der Waals surface area (Å²) in [5.74, 6) is -9.61. The molecule has 0 aliphatic carbocycles. The highest BCUT2D eigenvalue weighted by molar-refractivity contribution is 5.35. The maximum Gasteiger partial charge on any atom is 0.527 e. The van der Waals surface area contributed by atoms with Crippen LogP contribution >= 0.6 is 0 Å². The molecule has 0 amide bonds. The number of ether oxygens (including phenoxy) is 5. The van der Waals surface area contributed by atoms with Crippen molar-refractivity contribution in [1.29, 1.82) is 0 Å². The Labute approximate surface area is 201 Å². The topological polar surface area (TPSA) is 46.2 Å². The Morgan fingerprint density at radius 2 is 1.43 bits per heavy atom. The second-order valence-corrected chi connectivity index (χ2v) is 8.31. The van der Waals surface area contributed by atoms with Gasteiger partial charge in [0.25, 0.3) is 0 Å². The maximum absolute atomic E-state index is 14.7. The van der Waals surface area contributed by atoms with Crippen molar-refractivity contribution in [3.8, 4) is 5.75 Å². The van der Waals surface area contributed by atoms with Crippen molar-refractivity contribution in [2.75, 3.05) is 13.2 Å². The van der Waals surface area contributed by atoms with Crippen LogP contribution in [0.4, 0.5) is 43.9 Å². The van der Waals surface area contributed by atoms with Crippen LogP contribution in [-0.4, -0.2) is 25.2 Å². The summed E-state index contributed by atoms with van der Waals surface area (Å²) < 4.78 is 159. The van der Waals surface area contributed by atoms with Gasteiger partial charge in [-0.1, -0.05) is 19.4 Å². The van der Waals surface area contributed by atoms with Crippen LogP contribution in [0.3, 0.4) is 0 Å². The Hall–Kier alpha value is -2.62. The number of rotatable bonds is 8. The molecule has 2 fully saturated rings. The number of alkyl halides is 7. The van der Waals surface area contributed by atoms with E-state index in [1.54, 1.807) is 0 Å². The van der Waals surface area contributed by atoms with Gasteiger partial charge < -0.3 is 18.9 Å². The molecule has 15 heteroatoms. The minimum Gasteiger partial charge on any atom is -0.429 e. The average molecular weight is 550 g/mol. The Morgan fingerprint density at radius 1 is 0.838 bits per heavy atom. The zero-order valence-electron chi connectivity index (χ0n) is 18.5. The summed E-state index contributed by atoms with van der Waals surface area (Å²) in [4.78, 5) is 0. The molecule has 0 spiro atoms. The summed E-state index contributed by atoms with van der Waals surface area (Å²) in [6.45, 7) is 2.12. The van der Waals surface area contributed by atoms with E-state index in [0.717, 1.165) is 12.5 Å². The first-order valence-corrected chi connectivity index (χ1v) is 10.5. The van der Waals surface area contributed by atoms with Crippen molar-refractivity contribution in [3.63, 3.8) is 0 Å². The normalized spacial score (nSPS) is 24.1. The lowest BCUT2D eigenvalue weighted by atomic mass is 10.0. The fraction of sp³-hybridized carbons (Fsp3) is 0.455. The fourth-order valence-electron chi connectivity index (χ4n) is 4.04. The summed E-state index contributed by atoms with van der Waals surface area (Å²) in [7, 11) is 0. The molecular weight excluding hydrogens is 534 g/mol. The minimum atomic E-state index is -5.98. The third kappa shape index (κ3) is 5.22. The first kappa shape index (κ1) is 27.4. The zero-order chi connectivity index (χ0) is 27.4. The molecule has 2 aliphatic heterocycles. The highest BCUT2D eigenvalue weighted by atomic mass is 19.4. The van der Waals surface area contributed by atoms with Gasteiger partial charge in [-0.25, -0.2) is 17.9 Å². The van der Waals surface area contributed by atoms with Crippen LogP contribution in [0.1, 0.15) is 36.5 Å². The van der Waals surface area contributed by atoms with Gasteiger partial charge in [-0.15, -0.1) is 13.2 Å². The molecule has 5 nitrogen and oxygen atoms in total. The summed E-state index contributed by atoms with van der Waals surface area (Å²) in [5.41, 5.74) is -4.81. The fourth-order valence-corrected chi connectivity index (χ4v) is 4.04. The first-order chi connectivity index (χ1) is 17.0. The molecule has 2 saturated heterocycles. The quantitative estimate of drug-likeness (QED) is 0.350. The van der Waals surface area contributed by atoms with Crippen molar-refractivity contribution in [2.45, 2.75) is 49.9 Å². The molecular formula is C22H16F10O5. The van der Waals surface area contributed by atoms with Crippen molar-refractivity contribution < 1.29 is 67.6 Å². The molecule has 2 bridgehead atoms. The van der Waals surface area contributed by atoms with Crippen molar-refractivity contribution in [2.24, 2.45) is 0 Å². The van der Waals surface area contributed by atoms with E-state index in [-0.39, 0.29) is 30.9 Å². The maximum atomic E-state index is 14.7. The molecule has 2 aromatic carbocycles. The van der Waals surface area contributed by atoms with Gasteiger partial charge in [-0.3, -0.25) is 0 Å². The summed E-state index contributed by atoms with van der Waals surface area (Å²) in [5, 5.41) is 0. The van der Waals surface area contributed by atoms with Gasteiger partial charge in [0.2, 0.25) is 0 Å². The monoisotopic (exact) mass is 550 g/mol. The summed E-state index contributed by atoms with van der Waals surface area (Å²) in [6, 6.07) is 1.68. The Kier molecular flexibility index (Phi) is 6.66. The lowest BCUT2D eigenvalue weighted by Gasteiger charge is -2.25. The van der Waals surface area contributed by atoms with E-state index in [9.17, 15) is 43.9 Å². The number of benzene rings is 2. The van der Waals surface area contributed by atoms with Crippen molar-refractivity contribution >= 4 is 0 Å². The molecule has 0 N–H and O–H groups in total. The van der Waals surface area contributed by atoms with Crippen LogP contribution in [0, 0.1) is 17.5 Å². The molecule has 0 saturated carbocycles. The van der Waals surface area contributed by atoms with Crippen LogP contribution in [0.5, 0.6) is 5.75 Å². The second-order valence-electron chi connectivity index (χ2n) is 8.31. The molecule has 204 valence electrons. The molecule has 4 rings (SSSR count). The molecule has 0 unspecified atom stereocenters. The molecule has 0 aromatic heterocycles. The number of hydrogen-bond donors (Lipinski definition) is 0. The average Bonchev–Trinajstić information content (AvgIpc) is 3.28. The smallest absolute Gasteiger partial charge is 0.429 e. The molecule has 2 aliphatic rings. The van der Waals surface area contributed by atoms with E-state index in [0.29, 0.717) is 18.6 Å². The van der Waals surface area contributed by atoms with Gasteiger partial charge in [-0.2, -0.15) is 17.6 Å². The Bertz CT molecular complexity index is 1150. The highest BCUT2D eigenvalue weighted by Crippen LogP contribution is 2.49. The van der Waals surface area contributed by atoms with E-state index in [2.05, 4.69) is 9.47 Å². The highest BCUT2D eigenvalue weighted by Gasteiger charge is 2.60. The van der Waals surface area contributed by atoms with Crippen LogP contribution in [0.15, 0.2) is 30.3 Å². The molecule has 2 aromatic rings. The summed E-state index contributed by atoms with van der Waals surface area (Å²) >= 11 is 0. The molecule has 37 heavy (non-hydrogen) atoms. The third-order valence-corrected chi connectivity index (χ3v) is 5.54. The van der Waals surface area contributed by atoms with E-state index < -0.39 is 64.5 Å². The molecule has 0 atom stereocenters. The second kappa shape index (κ2) is 8.99. The minimum absolute atomic E-state index is 0.103. The van der Waals surface area contributed by atoms with E-state index >= 15 is 0 Å². The third-order valence-electron chi connectivity index (χ3n) is 5.54. The standard InChI is InChI=1S/C22H16F10O5/c1-2-5-18-9-33-21(36-18,34-10-18)11-3-4-13(14(23)6-11)19(26,27)35-12-7-15(24)17(16(25)8-12)20(28,29)37-22(30,31)32/h3-4,6-8H,2,5,9-10H2,1H3. The van der Waals surface area contributed by atoms with E-state index in [1.807, 2.05) is 6.92 Å². The first-order valence-electron chi connectivity index (χ1n) is 10.5. The van der Waals surface area contributed by atoms with Crippen LogP contribution in [0.2, 0.25) is 0 Å². The predicted molar refractivity (Wildman–Crippen MR) is 101 cm³/mol. The molecule has 0 radical (unpaired) electrons. The van der Waals surface area contributed by atoms with E-state index in [4.69, 9.17) is 14.2 Å². The number of fused-ring (bicyclic) bond motifs is 2. The summed E-state index contributed by atoms with van der Waals surface area (Å²) in [6.07, 6.45) is -14.9. The van der Waals surface area contributed by atoms with Crippen LogP contribution in [-0.2, 0) is 37.1 Å². The predicted octanol–water partition coefficient (Wildman–Crippen LogP) is 6.54. The van der Waals surface area contributed by atoms with Crippen LogP contribution < -0.4 is 4.74 Å². The van der Waals surface area contributed by atoms with Gasteiger partial charge >= 0.3 is 24.6 Å². The van der Waals surface area contributed by atoms with Gasteiger partial charge in [0, 0.05) is 17.7 Å².